The summed E-state index contributed by atoms with van der Waals surface area (Å²) in [5.74, 6) is 1.53. The standard InChI is InChI=1S/C10H17N5S/c1-7(2)6-8-12-13-10-15(8)14-9(16-10)4-3-5-11/h7H,3-6,11H2,1-2H3. The number of aromatic nitrogens is 4. The highest BCUT2D eigenvalue weighted by Crippen LogP contribution is 2.16. The summed E-state index contributed by atoms with van der Waals surface area (Å²) < 4.78 is 1.87. The predicted molar refractivity (Wildman–Crippen MR) is 64.6 cm³/mol. The third-order valence-electron chi connectivity index (χ3n) is 2.28. The lowest BCUT2D eigenvalue weighted by atomic mass is 10.1. The van der Waals surface area contributed by atoms with Gasteiger partial charge in [0.2, 0.25) is 4.96 Å². The van der Waals surface area contributed by atoms with Gasteiger partial charge in [-0.2, -0.15) is 9.61 Å². The molecule has 16 heavy (non-hydrogen) atoms. The molecule has 5 nitrogen and oxygen atoms in total. The summed E-state index contributed by atoms with van der Waals surface area (Å²) in [6, 6.07) is 0. The highest BCUT2D eigenvalue weighted by molar-refractivity contribution is 7.16. The van der Waals surface area contributed by atoms with E-state index in [0.29, 0.717) is 12.5 Å². The van der Waals surface area contributed by atoms with Crippen LogP contribution in [0, 0.1) is 5.92 Å². The van der Waals surface area contributed by atoms with Crippen LogP contribution in [0.4, 0.5) is 0 Å². The highest BCUT2D eigenvalue weighted by Gasteiger charge is 2.12. The van der Waals surface area contributed by atoms with Crippen molar-refractivity contribution >= 4 is 16.3 Å². The number of nitrogens with zero attached hydrogens (tertiary/aromatic N) is 4. The second-order valence-corrected chi connectivity index (χ2v) is 5.34. The van der Waals surface area contributed by atoms with E-state index in [0.717, 1.165) is 35.1 Å². The third-order valence-corrected chi connectivity index (χ3v) is 3.24. The zero-order chi connectivity index (χ0) is 11.5. The normalized spacial score (nSPS) is 11.8. The van der Waals surface area contributed by atoms with Gasteiger partial charge in [-0.3, -0.25) is 0 Å². The van der Waals surface area contributed by atoms with Crippen molar-refractivity contribution in [2.24, 2.45) is 11.7 Å². The van der Waals surface area contributed by atoms with Crippen molar-refractivity contribution in [3.63, 3.8) is 0 Å². The maximum Gasteiger partial charge on any atom is 0.234 e. The van der Waals surface area contributed by atoms with Gasteiger partial charge < -0.3 is 5.73 Å². The van der Waals surface area contributed by atoms with Crippen LogP contribution in [0.3, 0.4) is 0 Å². The van der Waals surface area contributed by atoms with Crippen molar-refractivity contribution < 1.29 is 0 Å². The monoisotopic (exact) mass is 239 g/mol. The molecule has 0 saturated carbocycles. The summed E-state index contributed by atoms with van der Waals surface area (Å²) in [5, 5.41) is 13.9. The summed E-state index contributed by atoms with van der Waals surface area (Å²) in [5.41, 5.74) is 5.48. The SMILES string of the molecule is CC(C)Cc1nnc2sc(CCCN)nn12. The fourth-order valence-corrected chi connectivity index (χ4v) is 2.44. The molecule has 0 radical (unpaired) electrons. The Morgan fingerprint density at radius 1 is 1.38 bits per heavy atom. The number of aryl methyl sites for hydroxylation is 1. The smallest absolute Gasteiger partial charge is 0.234 e. The Hall–Kier alpha value is -1.01. The van der Waals surface area contributed by atoms with Crippen LogP contribution in [0.15, 0.2) is 0 Å². The molecule has 2 heterocycles. The van der Waals surface area contributed by atoms with E-state index in [2.05, 4.69) is 29.1 Å². The molecule has 0 saturated heterocycles. The van der Waals surface area contributed by atoms with E-state index in [9.17, 15) is 0 Å². The number of nitrogens with two attached hydrogens (primary N) is 1. The number of fused-ring (bicyclic) bond motifs is 1. The van der Waals surface area contributed by atoms with Gasteiger partial charge >= 0.3 is 0 Å². The van der Waals surface area contributed by atoms with Gasteiger partial charge in [0.25, 0.3) is 0 Å². The zero-order valence-corrected chi connectivity index (χ0v) is 10.5. The number of rotatable bonds is 5. The molecular weight excluding hydrogens is 222 g/mol. The molecule has 2 aromatic heterocycles. The lowest BCUT2D eigenvalue weighted by Crippen LogP contribution is -2.03. The summed E-state index contributed by atoms with van der Waals surface area (Å²) in [7, 11) is 0. The minimum atomic E-state index is 0.571. The van der Waals surface area contributed by atoms with E-state index in [1.165, 1.54) is 0 Å². The van der Waals surface area contributed by atoms with Crippen molar-refractivity contribution in [2.45, 2.75) is 33.1 Å². The lowest BCUT2D eigenvalue weighted by molar-refractivity contribution is 0.604. The van der Waals surface area contributed by atoms with Crippen LogP contribution in [0.1, 0.15) is 31.1 Å². The van der Waals surface area contributed by atoms with Crippen molar-refractivity contribution in [3.8, 4) is 0 Å². The van der Waals surface area contributed by atoms with Gasteiger partial charge in [-0.1, -0.05) is 25.2 Å². The maximum absolute atomic E-state index is 5.48. The minimum Gasteiger partial charge on any atom is -0.330 e. The largest absolute Gasteiger partial charge is 0.330 e. The molecule has 0 unspecified atom stereocenters. The van der Waals surface area contributed by atoms with Gasteiger partial charge in [-0.25, -0.2) is 0 Å². The first-order valence-corrected chi connectivity index (χ1v) is 6.42. The van der Waals surface area contributed by atoms with E-state index in [-0.39, 0.29) is 0 Å². The van der Waals surface area contributed by atoms with E-state index < -0.39 is 0 Å². The predicted octanol–water partition coefficient (Wildman–Crippen LogP) is 1.28. The molecule has 2 N–H and O–H groups in total. The summed E-state index contributed by atoms with van der Waals surface area (Å²) in [6.45, 7) is 5.05. The van der Waals surface area contributed by atoms with E-state index in [1.807, 2.05) is 4.52 Å². The van der Waals surface area contributed by atoms with Gasteiger partial charge in [0.1, 0.15) is 5.01 Å². The van der Waals surface area contributed by atoms with E-state index in [4.69, 9.17) is 5.73 Å². The Morgan fingerprint density at radius 3 is 2.88 bits per heavy atom. The third kappa shape index (κ3) is 2.38. The first-order chi connectivity index (χ1) is 7.70. The molecular formula is C10H17N5S. The fourth-order valence-electron chi connectivity index (χ4n) is 1.54. The average molecular weight is 239 g/mol. The summed E-state index contributed by atoms with van der Waals surface area (Å²) in [6.07, 6.45) is 2.83. The van der Waals surface area contributed by atoms with Gasteiger partial charge in [0, 0.05) is 12.8 Å². The van der Waals surface area contributed by atoms with Crippen LogP contribution in [0.2, 0.25) is 0 Å². The van der Waals surface area contributed by atoms with Crippen LogP contribution in [-0.2, 0) is 12.8 Å². The quantitative estimate of drug-likeness (QED) is 0.853. The van der Waals surface area contributed by atoms with Gasteiger partial charge in [-0.15, -0.1) is 10.2 Å². The van der Waals surface area contributed by atoms with Crippen molar-refractivity contribution in [3.05, 3.63) is 10.8 Å². The average Bonchev–Trinajstić information content (AvgIpc) is 2.76. The van der Waals surface area contributed by atoms with Crippen LogP contribution in [0.5, 0.6) is 0 Å². The molecule has 0 bridgehead atoms. The fraction of sp³-hybridized carbons (Fsp3) is 0.700. The Balaban J connectivity index is 2.21. The van der Waals surface area contributed by atoms with E-state index >= 15 is 0 Å². The Bertz CT molecular complexity index is 459. The van der Waals surface area contributed by atoms with Crippen LogP contribution < -0.4 is 5.73 Å². The van der Waals surface area contributed by atoms with Crippen molar-refractivity contribution in [1.82, 2.24) is 19.8 Å². The van der Waals surface area contributed by atoms with Crippen molar-refractivity contribution in [2.75, 3.05) is 6.54 Å². The molecule has 0 amide bonds. The lowest BCUT2D eigenvalue weighted by Gasteiger charge is -1.99. The molecule has 6 heteroatoms. The number of hydrogen-bond acceptors (Lipinski definition) is 5. The van der Waals surface area contributed by atoms with Gasteiger partial charge in [-0.05, 0) is 18.9 Å². The van der Waals surface area contributed by atoms with Crippen LogP contribution in [-0.4, -0.2) is 26.4 Å². The molecule has 0 aromatic carbocycles. The second kappa shape index (κ2) is 4.88. The summed E-state index contributed by atoms with van der Waals surface area (Å²) >= 11 is 1.61. The molecule has 0 aliphatic carbocycles. The first kappa shape index (κ1) is 11.5. The Kier molecular flexibility index (Phi) is 3.50. The highest BCUT2D eigenvalue weighted by atomic mass is 32.1. The maximum atomic E-state index is 5.48. The molecule has 0 aliphatic rings. The molecule has 2 rings (SSSR count). The molecule has 0 atom stereocenters. The molecule has 0 spiro atoms. The first-order valence-electron chi connectivity index (χ1n) is 5.60. The van der Waals surface area contributed by atoms with Gasteiger partial charge in [0.15, 0.2) is 5.82 Å². The van der Waals surface area contributed by atoms with Crippen LogP contribution >= 0.6 is 11.3 Å². The van der Waals surface area contributed by atoms with Crippen molar-refractivity contribution in [1.29, 1.82) is 0 Å². The second-order valence-electron chi connectivity index (χ2n) is 4.30. The molecule has 88 valence electrons. The zero-order valence-electron chi connectivity index (χ0n) is 9.68. The number of hydrogen-bond donors (Lipinski definition) is 1. The van der Waals surface area contributed by atoms with Crippen LogP contribution in [0.25, 0.3) is 4.96 Å². The molecule has 2 aromatic rings. The van der Waals surface area contributed by atoms with Gasteiger partial charge in [0.05, 0.1) is 0 Å². The summed E-state index contributed by atoms with van der Waals surface area (Å²) in [4.78, 5) is 0.891. The minimum absolute atomic E-state index is 0.571. The Labute approximate surface area is 98.7 Å². The molecule has 0 fully saturated rings. The Morgan fingerprint density at radius 2 is 2.19 bits per heavy atom. The van der Waals surface area contributed by atoms with E-state index in [1.54, 1.807) is 11.3 Å². The topological polar surface area (TPSA) is 69.1 Å². The molecule has 0 aliphatic heterocycles.